The molecule has 0 aliphatic heterocycles. The fourth-order valence-electron chi connectivity index (χ4n) is 9.82. The number of fused-ring (bicyclic) bond motifs is 15. The molecule has 0 atom stereocenters. The molecule has 8 aromatic carbocycles. The van der Waals surface area contributed by atoms with Gasteiger partial charge in [0.1, 0.15) is 0 Å². The van der Waals surface area contributed by atoms with Crippen molar-refractivity contribution < 1.29 is 0 Å². The van der Waals surface area contributed by atoms with E-state index in [2.05, 4.69) is 203 Å². The molecular weight excluding hydrogens is 641 g/mol. The van der Waals surface area contributed by atoms with E-state index >= 15 is 0 Å². The van der Waals surface area contributed by atoms with E-state index in [1.807, 2.05) is 0 Å². The van der Waals surface area contributed by atoms with E-state index in [0.29, 0.717) is 0 Å². The van der Waals surface area contributed by atoms with Crippen LogP contribution in [0.2, 0.25) is 0 Å². The van der Waals surface area contributed by atoms with Gasteiger partial charge < -0.3 is 9.13 Å². The molecule has 2 nitrogen and oxygen atoms in total. The average molecular weight is 673 g/mol. The summed E-state index contributed by atoms with van der Waals surface area (Å²) in [4.78, 5) is 0. The summed E-state index contributed by atoms with van der Waals surface area (Å²) in [6.07, 6.45) is 2.20. The fraction of sp³-hybridized carbons (Fsp3) is 0.0196. The molecule has 53 heavy (non-hydrogen) atoms. The molecule has 2 aliphatic rings. The Kier molecular flexibility index (Phi) is 5.73. The zero-order valence-electron chi connectivity index (χ0n) is 28.9. The van der Waals surface area contributed by atoms with E-state index in [9.17, 15) is 0 Å². The minimum Gasteiger partial charge on any atom is -0.315 e. The molecule has 2 heterocycles. The maximum atomic E-state index is 2.47. The smallest absolute Gasteiger partial charge is 0.0788 e. The van der Waals surface area contributed by atoms with Gasteiger partial charge in [-0.15, -0.1) is 0 Å². The van der Waals surface area contributed by atoms with Crippen LogP contribution in [0.15, 0.2) is 194 Å². The molecule has 0 N–H and O–H groups in total. The Labute approximate surface area is 307 Å². The largest absolute Gasteiger partial charge is 0.315 e. The third-order valence-electron chi connectivity index (χ3n) is 12.0. The lowest BCUT2D eigenvalue weighted by molar-refractivity contribution is 0.794. The Balaban J connectivity index is 1.05. The van der Waals surface area contributed by atoms with Crippen molar-refractivity contribution in [1.29, 1.82) is 0 Å². The number of nitrogens with zero attached hydrogens (tertiary/aromatic N) is 2. The zero-order chi connectivity index (χ0) is 34.7. The van der Waals surface area contributed by atoms with Gasteiger partial charge in [0.25, 0.3) is 0 Å². The molecule has 1 spiro atoms. The fourth-order valence-corrected chi connectivity index (χ4v) is 9.82. The third-order valence-corrected chi connectivity index (χ3v) is 12.0. The SMILES string of the molecule is c1ccc(-n2ccc3ccc4c5ccccc5n(-c5ccc(-c6ccc7c(c6)C6(c8ccccc8-c8ccccc86)c6ccccc6-7)cc5)c4c32)cc1. The van der Waals surface area contributed by atoms with E-state index in [4.69, 9.17) is 0 Å². The number of aromatic nitrogens is 2. The normalized spacial score (nSPS) is 13.4. The van der Waals surface area contributed by atoms with Crippen molar-refractivity contribution in [3.63, 3.8) is 0 Å². The van der Waals surface area contributed by atoms with Crippen molar-refractivity contribution >= 4 is 32.7 Å². The zero-order valence-corrected chi connectivity index (χ0v) is 28.9. The van der Waals surface area contributed by atoms with Gasteiger partial charge in [-0.2, -0.15) is 0 Å². The quantitative estimate of drug-likeness (QED) is 0.177. The Morgan fingerprint density at radius 2 is 0.943 bits per heavy atom. The van der Waals surface area contributed by atoms with E-state index < -0.39 is 0 Å². The Hall–Kier alpha value is -6.90. The van der Waals surface area contributed by atoms with Crippen LogP contribution in [0.25, 0.3) is 77.5 Å². The minimum atomic E-state index is -0.350. The van der Waals surface area contributed by atoms with Crippen LogP contribution in [0, 0.1) is 0 Å². The van der Waals surface area contributed by atoms with Gasteiger partial charge in [0.05, 0.1) is 22.0 Å². The third kappa shape index (κ3) is 3.72. The molecule has 2 heteroatoms. The first-order chi connectivity index (χ1) is 26.3. The summed E-state index contributed by atoms with van der Waals surface area (Å²) >= 11 is 0. The van der Waals surface area contributed by atoms with Crippen LogP contribution in [0.1, 0.15) is 22.3 Å². The van der Waals surface area contributed by atoms with E-state index in [-0.39, 0.29) is 5.41 Å². The number of rotatable bonds is 3. The van der Waals surface area contributed by atoms with Crippen molar-refractivity contribution in [1.82, 2.24) is 9.13 Å². The molecule has 2 aliphatic carbocycles. The van der Waals surface area contributed by atoms with Gasteiger partial charge in [0, 0.05) is 33.7 Å². The van der Waals surface area contributed by atoms with Gasteiger partial charge >= 0.3 is 0 Å². The molecule has 0 amide bonds. The summed E-state index contributed by atoms with van der Waals surface area (Å²) in [5.74, 6) is 0. The number of hydrogen-bond donors (Lipinski definition) is 0. The van der Waals surface area contributed by atoms with E-state index in [0.717, 1.165) is 11.4 Å². The Morgan fingerprint density at radius 1 is 0.358 bits per heavy atom. The van der Waals surface area contributed by atoms with Crippen molar-refractivity contribution in [3.05, 3.63) is 217 Å². The molecular formula is C51H32N2. The highest BCUT2D eigenvalue weighted by Crippen LogP contribution is 2.63. The van der Waals surface area contributed by atoms with Crippen LogP contribution >= 0.6 is 0 Å². The Morgan fingerprint density at radius 3 is 1.64 bits per heavy atom. The lowest BCUT2D eigenvalue weighted by atomic mass is 9.70. The van der Waals surface area contributed by atoms with Crippen LogP contribution in [-0.2, 0) is 5.41 Å². The molecule has 0 radical (unpaired) electrons. The van der Waals surface area contributed by atoms with Crippen LogP contribution in [0.4, 0.5) is 0 Å². The van der Waals surface area contributed by atoms with Crippen molar-refractivity contribution in [2.24, 2.45) is 0 Å². The molecule has 12 rings (SSSR count). The minimum absolute atomic E-state index is 0.350. The van der Waals surface area contributed by atoms with E-state index in [1.54, 1.807) is 0 Å². The molecule has 0 saturated carbocycles. The van der Waals surface area contributed by atoms with Crippen LogP contribution in [0.3, 0.4) is 0 Å². The lowest BCUT2D eigenvalue weighted by Crippen LogP contribution is -2.25. The van der Waals surface area contributed by atoms with Crippen molar-refractivity contribution in [2.75, 3.05) is 0 Å². The first-order valence-electron chi connectivity index (χ1n) is 18.4. The summed E-state index contributed by atoms with van der Waals surface area (Å²) in [6.45, 7) is 0. The van der Waals surface area contributed by atoms with E-state index in [1.165, 1.54) is 88.3 Å². The lowest BCUT2D eigenvalue weighted by Gasteiger charge is -2.30. The predicted molar refractivity (Wildman–Crippen MR) is 219 cm³/mol. The number of para-hydroxylation sites is 2. The second-order valence-electron chi connectivity index (χ2n) is 14.5. The van der Waals surface area contributed by atoms with Crippen molar-refractivity contribution in [3.8, 4) is 44.8 Å². The van der Waals surface area contributed by atoms with Gasteiger partial charge in [0.15, 0.2) is 0 Å². The summed E-state index contributed by atoms with van der Waals surface area (Å²) in [5, 5.41) is 3.74. The molecule has 0 fully saturated rings. The number of benzene rings is 8. The van der Waals surface area contributed by atoms with Crippen LogP contribution < -0.4 is 0 Å². The summed E-state index contributed by atoms with van der Waals surface area (Å²) in [6, 6.07) is 69.7. The molecule has 10 aromatic rings. The summed E-state index contributed by atoms with van der Waals surface area (Å²) in [7, 11) is 0. The van der Waals surface area contributed by atoms with Gasteiger partial charge in [-0.05, 0) is 98.1 Å². The average Bonchev–Trinajstić information content (AvgIpc) is 3.97. The molecule has 0 unspecified atom stereocenters. The highest BCUT2D eigenvalue weighted by molar-refractivity contribution is 6.18. The van der Waals surface area contributed by atoms with Crippen molar-refractivity contribution in [2.45, 2.75) is 5.41 Å². The maximum Gasteiger partial charge on any atom is 0.0788 e. The highest BCUT2D eigenvalue weighted by Gasteiger charge is 2.51. The molecule has 2 aromatic heterocycles. The molecule has 0 saturated heterocycles. The van der Waals surface area contributed by atoms with Crippen LogP contribution in [0.5, 0.6) is 0 Å². The monoisotopic (exact) mass is 672 g/mol. The number of hydrogen-bond acceptors (Lipinski definition) is 0. The second-order valence-corrected chi connectivity index (χ2v) is 14.5. The topological polar surface area (TPSA) is 9.86 Å². The maximum absolute atomic E-state index is 2.47. The van der Waals surface area contributed by atoms with Gasteiger partial charge in [-0.1, -0.05) is 146 Å². The first kappa shape index (κ1) is 28.8. The highest BCUT2D eigenvalue weighted by atomic mass is 15.0. The summed E-state index contributed by atoms with van der Waals surface area (Å²) in [5.41, 5.74) is 18.8. The van der Waals surface area contributed by atoms with Gasteiger partial charge in [0.2, 0.25) is 0 Å². The van der Waals surface area contributed by atoms with Gasteiger partial charge in [-0.3, -0.25) is 0 Å². The standard InChI is InChI=1S/C51H32N2/c1-2-12-36(13-3-1)52-31-30-34-24-29-43-42-17-7-11-21-48(42)53(50(43)49(34)52)37-26-22-33(23-27-37)35-25-28-41-40-16-6-10-20-46(40)51(47(41)32-35)44-18-8-4-14-38(44)39-15-5-9-19-45(39)51/h1-32H. The van der Waals surface area contributed by atoms with Crippen LogP contribution in [-0.4, -0.2) is 9.13 Å². The predicted octanol–water partition coefficient (Wildman–Crippen LogP) is 12.7. The summed E-state index contributed by atoms with van der Waals surface area (Å²) < 4.78 is 4.79. The second kappa shape index (κ2) is 10.6. The Bertz CT molecular complexity index is 3040. The van der Waals surface area contributed by atoms with Gasteiger partial charge in [-0.25, -0.2) is 0 Å². The first-order valence-corrected chi connectivity index (χ1v) is 18.4. The molecule has 0 bridgehead atoms. The molecule has 246 valence electrons.